The summed E-state index contributed by atoms with van der Waals surface area (Å²) in [6, 6.07) is 0.356. The maximum atomic E-state index is 5.65. The van der Waals surface area contributed by atoms with Crippen molar-refractivity contribution < 1.29 is 9.47 Å². The first-order chi connectivity index (χ1) is 7.36. The molecule has 1 rings (SSSR count). The molecule has 1 N–H and O–H groups in total. The van der Waals surface area contributed by atoms with Crippen LogP contribution >= 0.6 is 0 Å². The number of ether oxygens (including phenoxy) is 2. The van der Waals surface area contributed by atoms with E-state index in [4.69, 9.17) is 9.47 Å². The van der Waals surface area contributed by atoms with Crippen molar-refractivity contribution in [3.8, 4) is 0 Å². The van der Waals surface area contributed by atoms with Crippen molar-refractivity contribution in [1.82, 2.24) is 5.32 Å². The molecule has 0 radical (unpaired) electrons. The summed E-state index contributed by atoms with van der Waals surface area (Å²) in [4.78, 5) is 0. The molecule has 0 aliphatic heterocycles. The van der Waals surface area contributed by atoms with E-state index in [0.717, 1.165) is 38.7 Å². The van der Waals surface area contributed by atoms with Gasteiger partial charge in [0.05, 0.1) is 19.3 Å². The fourth-order valence-corrected chi connectivity index (χ4v) is 1.60. The van der Waals surface area contributed by atoms with Crippen molar-refractivity contribution in [3.63, 3.8) is 0 Å². The summed E-state index contributed by atoms with van der Waals surface area (Å²) in [7, 11) is 1.74. The molecule has 1 saturated carbocycles. The minimum atomic E-state index is 0.356. The van der Waals surface area contributed by atoms with Crippen molar-refractivity contribution in [2.24, 2.45) is 5.92 Å². The van der Waals surface area contributed by atoms with Crippen LogP contribution in [0.4, 0.5) is 0 Å². The first-order valence-electron chi connectivity index (χ1n) is 6.16. The van der Waals surface area contributed by atoms with Crippen molar-refractivity contribution >= 4 is 0 Å². The molecule has 90 valence electrons. The Hall–Kier alpha value is -0.120. The van der Waals surface area contributed by atoms with Crippen molar-refractivity contribution in [2.75, 3.05) is 33.5 Å². The molecular weight excluding hydrogens is 190 g/mol. The number of rotatable bonds is 10. The van der Waals surface area contributed by atoms with Gasteiger partial charge >= 0.3 is 0 Å². The monoisotopic (exact) mass is 215 g/mol. The molecule has 0 saturated heterocycles. The van der Waals surface area contributed by atoms with Gasteiger partial charge in [0.25, 0.3) is 0 Å². The van der Waals surface area contributed by atoms with Gasteiger partial charge in [-0.25, -0.2) is 0 Å². The zero-order valence-electron chi connectivity index (χ0n) is 10.1. The Labute approximate surface area is 93.5 Å². The quantitative estimate of drug-likeness (QED) is 0.564. The van der Waals surface area contributed by atoms with E-state index in [2.05, 4.69) is 12.2 Å². The van der Waals surface area contributed by atoms with Gasteiger partial charge in [0.15, 0.2) is 0 Å². The Morgan fingerprint density at radius 3 is 2.73 bits per heavy atom. The van der Waals surface area contributed by atoms with Crippen LogP contribution in [0, 0.1) is 5.92 Å². The van der Waals surface area contributed by atoms with Gasteiger partial charge in [0.1, 0.15) is 0 Å². The van der Waals surface area contributed by atoms with Gasteiger partial charge in [-0.1, -0.05) is 19.8 Å². The molecule has 3 nitrogen and oxygen atoms in total. The highest BCUT2D eigenvalue weighted by Gasteiger charge is 2.20. The molecule has 1 atom stereocenters. The van der Waals surface area contributed by atoms with Crippen LogP contribution in [0.1, 0.15) is 32.6 Å². The summed E-state index contributed by atoms with van der Waals surface area (Å²) >= 11 is 0. The van der Waals surface area contributed by atoms with Crippen LogP contribution in [-0.4, -0.2) is 39.5 Å². The standard InChI is InChI=1S/C12H25NO2/c1-3-7-13-12(9-14-2)10-15-8-6-11-4-5-11/h11-13H,3-10H2,1-2H3. The second-order valence-electron chi connectivity index (χ2n) is 4.41. The van der Waals surface area contributed by atoms with Crippen LogP contribution in [0.2, 0.25) is 0 Å². The van der Waals surface area contributed by atoms with Gasteiger partial charge in [-0.2, -0.15) is 0 Å². The summed E-state index contributed by atoms with van der Waals surface area (Å²) < 4.78 is 10.8. The lowest BCUT2D eigenvalue weighted by molar-refractivity contribution is 0.0714. The van der Waals surface area contributed by atoms with E-state index in [-0.39, 0.29) is 0 Å². The number of hydrogen-bond donors (Lipinski definition) is 1. The van der Waals surface area contributed by atoms with E-state index < -0.39 is 0 Å². The SMILES string of the molecule is CCCNC(COC)COCCC1CC1. The van der Waals surface area contributed by atoms with Crippen LogP contribution < -0.4 is 5.32 Å². The average molecular weight is 215 g/mol. The molecule has 1 aliphatic carbocycles. The van der Waals surface area contributed by atoms with E-state index >= 15 is 0 Å². The minimum absolute atomic E-state index is 0.356. The highest BCUT2D eigenvalue weighted by Crippen LogP contribution is 2.32. The van der Waals surface area contributed by atoms with Gasteiger partial charge < -0.3 is 14.8 Å². The molecule has 0 bridgehead atoms. The third-order valence-electron chi connectivity index (χ3n) is 2.74. The summed E-state index contributed by atoms with van der Waals surface area (Å²) in [5.41, 5.74) is 0. The molecule has 15 heavy (non-hydrogen) atoms. The summed E-state index contributed by atoms with van der Waals surface area (Å²) in [6.45, 7) is 5.65. The highest BCUT2D eigenvalue weighted by atomic mass is 16.5. The predicted octanol–water partition coefficient (Wildman–Crippen LogP) is 1.82. The molecule has 0 heterocycles. The normalized spacial score (nSPS) is 18.0. The third-order valence-corrected chi connectivity index (χ3v) is 2.74. The Morgan fingerprint density at radius 1 is 1.33 bits per heavy atom. The molecule has 0 aromatic heterocycles. The number of hydrogen-bond acceptors (Lipinski definition) is 3. The Bertz CT molecular complexity index is 149. The van der Waals surface area contributed by atoms with Crippen LogP contribution in [-0.2, 0) is 9.47 Å². The highest BCUT2D eigenvalue weighted by molar-refractivity contribution is 4.72. The predicted molar refractivity (Wildman–Crippen MR) is 62.1 cm³/mol. The van der Waals surface area contributed by atoms with E-state index in [1.165, 1.54) is 19.3 Å². The third kappa shape index (κ3) is 6.88. The summed E-state index contributed by atoms with van der Waals surface area (Å²) in [5, 5.41) is 3.42. The average Bonchev–Trinajstić information content (AvgIpc) is 3.04. The molecule has 0 aromatic carbocycles. The van der Waals surface area contributed by atoms with Crippen molar-refractivity contribution in [2.45, 2.75) is 38.6 Å². The fourth-order valence-electron chi connectivity index (χ4n) is 1.60. The fraction of sp³-hybridized carbons (Fsp3) is 1.00. The lowest BCUT2D eigenvalue weighted by atomic mass is 10.3. The van der Waals surface area contributed by atoms with E-state index in [1.54, 1.807) is 7.11 Å². The van der Waals surface area contributed by atoms with Gasteiger partial charge in [-0.05, 0) is 25.3 Å². The molecule has 0 amide bonds. The molecule has 3 heteroatoms. The molecule has 0 aromatic rings. The van der Waals surface area contributed by atoms with Crippen LogP contribution in [0.5, 0.6) is 0 Å². The Morgan fingerprint density at radius 2 is 2.13 bits per heavy atom. The smallest absolute Gasteiger partial charge is 0.0642 e. The van der Waals surface area contributed by atoms with Crippen LogP contribution in [0.15, 0.2) is 0 Å². The topological polar surface area (TPSA) is 30.5 Å². The molecular formula is C12H25NO2. The maximum absolute atomic E-state index is 5.65. The van der Waals surface area contributed by atoms with E-state index in [0.29, 0.717) is 6.04 Å². The summed E-state index contributed by atoms with van der Waals surface area (Å²) in [6.07, 6.45) is 5.23. The molecule has 0 spiro atoms. The van der Waals surface area contributed by atoms with Crippen molar-refractivity contribution in [3.05, 3.63) is 0 Å². The number of nitrogens with one attached hydrogen (secondary N) is 1. The van der Waals surface area contributed by atoms with Gasteiger partial charge in [-0.3, -0.25) is 0 Å². The first kappa shape index (κ1) is 12.9. The zero-order valence-corrected chi connectivity index (χ0v) is 10.1. The van der Waals surface area contributed by atoms with E-state index in [9.17, 15) is 0 Å². The largest absolute Gasteiger partial charge is 0.383 e. The molecule has 1 unspecified atom stereocenters. The Kier molecular flexibility index (Phi) is 6.98. The van der Waals surface area contributed by atoms with E-state index in [1.807, 2.05) is 0 Å². The van der Waals surface area contributed by atoms with Gasteiger partial charge in [0, 0.05) is 13.7 Å². The van der Waals surface area contributed by atoms with Crippen molar-refractivity contribution in [1.29, 1.82) is 0 Å². The van der Waals surface area contributed by atoms with Crippen LogP contribution in [0.25, 0.3) is 0 Å². The zero-order chi connectivity index (χ0) is 10.9. The van der Waals surface area contributed by atoms with Gasteiger partial charge in [-0.15, -0.1) is 0 Å². The minimum Gasteiger partial charge on any atom is -0.383 e. The lowest BCUT2D eigenvalue weighted by Gasteiger charge is -2.17. The number of methoxy groups -OCH3 is 1. The second kappa shape index (κ2) is 8.08. The summed E-state index contributed by atoms with van der Waals surface area (Å²) in [5.74, 6) is 0.967. The molecule has 1 aliphatic rings. The molecule has 1 fully saturated rings. The van der Waals surface area contributed by atoms with Crippen LogP contribution in [0.3, 0.4) is 0 Å². The lowest BCUT2D eigenvalue weighted by Crippen LogP contribution is -2.37. The Balaban J connectivity index is 1.95. The second-order valence-corrected chi connectivity index (χ2v) is 4.41. The maximum Gasteiger partial charge on any atom is 0.0642 e. The van der Waals surface area contributed by atoms with Gasteiger partial charge in [0.2, 0.25) is 0 Å². The first-order valence-corrected chi connectivity index (χ1v) is 6.16.